The van der Waals surface area contributed by atoms with Crippen LogP contribution in [0.25, 0.3) is 0 Å². The summed E-state index contributed by atoms with van der Waals surface area (Å²) in [5.74, 6) is 0.366. The maximum atomic E-state index is 12.6. The van der Waals surface area contributed by atoms with E-state index in [-0.39, 0.29) is 23.8 Å². The summed E-state index contributed by atoms with van der Waals surface area (Å²) >= 11 is 0. The monoisotopic (exact) mass is 297 g/mol. The molecule has 0 spiro atoms. The highest BCUT2D eigenvalue weighted by Crippen LogP contribution is 2.24. The number of ether oxygens (including phenoxy) is 1. The van der Waals surface area contributed by atoms with E-state index in [0.29, 0.717) is 32.0 Å². The van der Waals surface area contributed by atoms with Crippen molar-refractivity contribution in [2.45, 2.75) is 32.2 Å². The standard InChI is InChI=1S/C15H27N3O3/c1-11(16)12-4-3-5-18(9-12)15(20)13-8-14(19)17(10-13)6-7-21-2/h11-13H,3-10,16H2,1-2H3. The second-order valence-corrected chi connectivity index (χ2v) is 6.28. The number of nitrogens with zero attached hydrogens (tertiary/aromatic N) is 2. The largest absolute Gasteiger partial charge is 0.383 e. The maximum Gasteiger partial charge on any atom is 0.228 e. The van der Waals surface area contributed by atoms with Crippen molar-refractivity contribution in [2.75, 3.05) is 39.9 Å². The molecule has 2 heterocycles. The number of hydrogen-bond acceptors (Lipinski definition) is 4. The van der Waals surface area contributed by atoms with E-state index in [1.54, 1.807) is 12.0 Å². The van der Waals surface area contributed by atoms with Gasteiger partial charge in [-0.15, -0.1) is 0 Å². The van der Waals surface area contributed by atoms with Gasteiger partial charge in [-0.2, -0.15) is 0 Å². The topological polar surface area (TPSA) is 75.9 Å². The van der Waals surface area contributed by atoms with Crippen molar-refractivity contribution >= 4 is 11.8 Å². The van der Waals surface area contributed by atoms with Crippen molar-refractivity contribution in [3.8, 4) is 0 Å². The number of nitrogens with two attached hydrogens (primary N) is 1. The highest BCUT2D eigenvalue weighted by Gasteiger charge is 2.37. The lowest BCUT2D eigenvalue weighted by molar-refractivity contribution is -0.137. The minimum Gasteiger partial charge on any atom is -0.383 e. The first-order valence-electron chi connectivity index (χ1n) is 7.84. The Bertz CT molecular complexity index is 386. The molecule has 2 aliphatic rings. The molecule has 0 aliphatic carbocycles. The summed E-state index contributed by atoms with van der Waals surface area (Å²) in [5, 5.41) is 0. The van der Waals surface area contributed by atoms with Gasteiger partial charge < -0.3 is 20.3 Å². The van der Waals surface area contributed by atoms with E-state index in [0.717, 1.165) is 25.9 Å². The first-order chi connectivity index (χ1) is 10.0. The van der Waals surface area contributed by atoms with Crippen LogP contribution in [0.5, 0.6) is 0 Å². The minimum absolute atomic E-state index is 0.0613. The Hall–Kier alpha value is -1.14. The van der Waals surface area contributed by atoms with Crippen LogP contribution in [0.2, 0.25) is 0 Å². The summed E-state index contributed by atoms with van der Waals surface area (Å²) in [5.41, 5.74) is 5.97. The number of amides is 2. The second-order valence-electron chi connectivity index (χ2n) is 6.28. The Morgan fingerprint density at radius 3 is 2.90 bits per heavy atom. The molecule has 0 aromatic heterocycles. The van der Waals surface area contributed by atoms with Gasteiger partial charge >= 0.3 is 0 Å². The lowest BCUT2D eigenvalue weighted by Crippen LogP contribution is -2.47. The van der Waals surface area contributed by atoms with Crippen molar-refractivity contribution in [2.24, 2.45) is 17.6 Å². The molecule has 0 bridgehead atoms. The van der Waals surface area contributed by atoms with Crippen molar-refractivity contribution in [3.05, 3.63) is 0 Å². The van der Waals surface area contributed by atoms with Crippen molar-refractivity contribution in [1.82, 2.24) is 9.80 Å². The number of carbonyl (C=O) groups is 2. The molecule has 3 atom stereocenters. The minimum atomic E-state index is -0.193. The molecule has 0 aromatic rings. The van der Waals surface area contributed by atoms with Crippen LogP contribution >= 0.6 is 0 Å². The zero-order valence-corrected chi connectivity index (χ0v) is 13.1. The number of likely N-dealkylation sites (tertiary alicyclic amines) is 2. The maximum absolute atomic E-state index is 12.6. The van der Waals surface area contributed by atoms with Crippen molar-refractivity contribution < 1.29 is 14.3 Å². The summed E-state index contributed by atoms with van der Waals surface area (Å²) in [6, 6.07) is 0.115. The molecule has 0 saturated carbocycles. The highest BCUT2D eigenvalue weighted by molar-refractivity contribution is 5.89. The fraction of sp³-hybridized carbons (Fsp3) is 0.867. The fourth-order valence-electron chi connectivity index (χ4n) is 3.25. The predicted octanol–water partition coefficient (Wildman–Crippen LogP) is 0.0671. The molecule has 2 saturated heterocycles. The number of methoxy groups -OCH3 is 1. The van der Waals surface area contributed by atoms with Crippen LogP contribution in [0.15, 0.2) is 0 Å². The summed E-state index contributed by atoms with van der Waals surface area (Å²) in [6.07, 6.45) is 2.43. The number of carbonyl (C=O) groups excluding carboxylic acids is 2. The molecule has 0 radical (unpaired) electrons. The Balaban J connectivity index is 1.90. The number of rotatable bonds is 5. The summed E-state index contributed by atoms with van der Waals surface area (Å²) in [7, 11) is 1.62. The van der Waals surface area contributed by atoms with Gasteiger partial charge in [-0.3, -0.25) is 9.59 Å². The average Bonchev–Trinajstić information content (AvgIpc) is 2.85. The Kier molecular flexibility index (Phi) is 5.58. The first-order valence-corrected chi connectivity index (χ1v) is 7.84. The third-order valence-corrected chi connectivity index (χ3v) is 4.64. The third-order valence-electron chi connectivity index (χ3n) is 4.64. The lowest BCUT2D eigenvalue weighted by atomic mass is 9.91. The average molecular weight is 297 g/mol. The van der Waals surface area contributed by atoms with Crippen LogP contribution in [0.3, 0.4) is 0 Å². The van der Waals surface area contributed by atoms with E-state index in [4.69, 9.17) is 10.5 Å². The SMILES string of the molecule is COCCN1CC(C(=O)N2CCCC(C(C)N)C2)CC1=O. The van der Waals surface area contributed by atoms with Crippen molar-refractivity contribution in [1.29, 1.82) is 0 Å². The van der Waals surface area contributed by atoms with Gasteiger partial charge in [0.1, 0.15) is 0 Å². The van der Waals surface area contributed by atoms with E-state index in [1.807, 2.05) is 11.8 Å². The Morgan fingerprint density at radius 2 is 2.24 bits per heavy atom. The van der Waals surface area contributed by atoms with Gasteiger partial charge in [-0.25, -0.2) is 0 Å². The van der Waals surface area contributed by atoms with Gasteiger partial charge in [0.25, 0.3) is 0 Å². The van der Waals surface area contributed by atoms with Crippen LogP contribution in [0, 0.1) is 11.8 Å². The molecular weight excluding hydrogens is 270 g/mol. The van der Waals surface area contributed by atoms with Gasteiger partial charge in [0, 0.05) is 45.8 Å². The van der Waals surface area contributed by atoms with E-state index in [9.17, 15) is 9.59 Å². The quantitative estimate of drug-likeness (QED) is 0.779. The fourth-order valence-corrected chi connectivity index (χ4v) is 3.25. The van der Waals surface area contributed by atoms with Crippen LogP contribution in [0.1, 0.15) is 26.2 Å². The highest BCUT2D eigenvalue weighted by atomic mass is 16.5. The van der Waals surface area contributed by atoms with E-state index in [2.05, 4.69) is 0 Å². The lowest BCUT2D eigenvalue weighted by Gasteiger charge is -2.35. The molecular formula is C15H27N3O3. The van der Waals surface area contributed by atoms with Gasteiger partial charge in [-0.1, -0.05) is 0 Å². The Morgan fingerprint density at radius 1 is 1.48 bits per heavy atom. The molecule has 21 heavy (non-hydrogen) atoms. The van der Waals surface area contributed by atoms with Gasteiger partial charge in [-0.05, 0) is 25.7 Å². The molecule has 2 fully saturated rings. The molecule has 6 heteroatoms. The van der Waals surface area contributed by atoms with E-state index in [1.165, 1.54) is 0 Å². The molecule has 2 aliphatic heterocycles. The molecule has 0 aromatic carbocycles. The van der Waals surface area contributed by atoms with Crippen LogP contribution in [-0.4, -0.2) is 67.6 Å². The molecule has 2 N–H and O–H groups in total. The third kappa shape index (κ3) is 3.95. The smallest absolute Gasteiger partial charge is 0.228 e. The molecule has 2 amide bonds. The van der Waals surface area contributed by atoms with E-state index < -0.39 is 0 Å². The van der Waals surface area contributed by atoms with Gasteiger partial charge in [0.2, 0.25) is 11.8 Å². The van der Waals surface area contributed by atoms with E-state index >= 15 is 0 Å². The number of piperidine rings is 1. The normalized spacial score (nSPS) is 28.0. The van der Waals surface area contributed by atoms with Gasteiger partial charge in [0.05, 0.1) is 12.5 Å². The summed E-state index contributed by atoms with van der Waals surface area (Å²) < 4.78 is 5.00. The first kappa shape index (κ1) is 16.2. The molecule has 120 valence electrons. The van der Waals surface area contributed by atoms with Crippen LogP contribution in [0.4, 0.5) is 0 Å². The molecule has 3 unspecified atom stereocenters. The van der Waals surface area contributed by atoms with Crippen LogP contribution in [-0.2, 0) is 14.3 Å². The van der Waals surface area contributed by atoms with Crippen LogP contribution < -0.4 is 5.73 Å². The zero-order chi connectivity index (χ0) is 15.4. The van der Waals surface area contributed by atoms with Crippen molar-refractivity contribution in [3.63, 3.8) is 0 Å². The molecule has 2 rings (SSSR count). The number of hydrogen-bond donors (Lipinski definition) is 1. The summed E-state index contributed by atoms with van der Waals surface area (Å²) in [4.78, 5) is 28.2. The Labute approximate surface area is 126 Å². The molecule has 6 nitrogen and oxygen atoms in total. The zero-order valence-electron chi connectivity index (χ0n) is 13.1. The predicted molar refractivity (Wildman–Crippen MR) is 79.5 cm³/mol. The second kappa shape index (κ2) is 7.22. The van der Waals surface area contributed by atoms with Gasteiger partial charge in [0.15, 0.2) is 0 Å². The summed E-state index contributed by atoms with van der Waals surface area (Å²) in [6.45, 7) is 5.15.